The Balaban J connectivity index is 1.61. The van der Waals surface area contributed by atoms with E-state index in [0.717, 1.165) is 12.8 Å². The van der Waals surface area contributed by atoms with E-state index in [1.165, 1.54) is 23.9 Å². The highest BCUT2D eigenvalue weighted by Crippen LogP contribution is 2.45. The number of rotatable bonds is 9. The lowest BCUT2D eigenvalue weighted by atomic mass is 10.1. The van der Waals surface area contributed by atoms with Gasteiger partial charge in [0.05, 0.1) is 13.2 Å². The van der Waals surface area contributed by atoms with Crippen molar-refractivity contribution in [2.75, 3.05) is 25.6 Å². The maximum atomic E-state index is 14.4. The minimum atomic E-state index is -0.583. The lowest BCUT2D eigenvalue weighted by Gasteiger charge is -2.11. The molecule has 1 aliphatic carbocycles. The molecule has 1 aliphatic rings. The summed E-state index contributed by atoms with van der Waals surface area (Å²) in [6.07, 6.45) is 2.23. The van der Waals surface area contributed by atoms with E-state index >= 15 is 0 Å². The molecule has 1 aromatic heterocycles. The molecule has 0 amide bonds. The van der Waals surface area contributed by atoms with Crippen LogP contribution in [0.4, 0.5) is 8.78 Å². The van der Waals surface area contributed by atoms with Crippen molar-refractivity contribution in [3.8, 4) is 5.75 Å². The molecule has 1 heterocycles. The van der Waals surface area contributed by atoms with Crippen LogP contribution >= 0.6 is 24.0 Å². The molecule has 8 heteroatoms. The predicted octanol–water partition coefficient (Wildman–Crippen LogP) is 5.38. The summed E-state index contributed by atoms with van der Waals surface area (Å²) >= 11 is 6.17. The molecule has 0 unspecified atom stereocenters. The number of hydrogen-bond acceptors (Lipinski definition) is 6. The number of fused-ring (bicyclic) bond motifs is 1. The number of halogens is 2. The summed E-state index contributed by atoms with van der Waals surface area (Å²) in [6, 6.07) is 2.65. The van der Waals surface area contributed by atoms with Gasteiger partial charge in [-0.25, -0.2) is 8.78 Å². The fourth-order valence-corrected chi connectivity index (χ4v) is 3.55. The third-order valence-corrected chi connectivity index (χ3v) is 5.44. The first kappa shape index (κ1) is 20.2. The molecule has 4 nitrogen and oxygen atoms in total. The lowest BCUT2D eigenvalue weighted by Crippen LogP contribution is -2.10. The summed E-state index contributed by atoms with van der Waals surface area (Å²) in [6.45, 7) is 2.63. The highest BCUT2D eigenvalue weighted by molar-refractivity contribution is 8.13. The van der Waals surface area contributed by atoms with Gasteiger partial charge in [-0.15, -0.1) is 0 Å². The number of thioether (sulfide) groups is 1. The molecular formula is C19H20F2O4S2. The standard InChI is InChI=1S/C19H20F2O4S2/c1-2-16(22)27-8-7-23-5-6-24-15-10-14-12(9-13(15)20)17(11-3-4-11)18(21)19(26)25-14/h9-11H,2-8H2,1H3. The molecule has 0 N–H and O–H groups in total. The van der Waals surface area contributed by atoms with Crippen LogP contribution in [0.2, 0.25) is 0 Å². The van der Waals surface area contributed by atoms with Crippen LogP contribution in [0.15, 0.2) is 16.5 Å². The third-order valence-electron chi connectivity index (χ3n) is 4.19. The molecule has 0 atom stereocenters. The van der Waals surface area contributed by atoms with Crippen molar-refractivity contribution >= 4 is 40.1 Å². The van der Waals surface area contributed by atoms with Crippen LogP contribution in [0, 0.1) is 16.3 Å². The van der Waals surface area contributed by atoms with E-state index in [1.807, 2.05) is 6.92 Å². The average molecular weight is 414 g/mol. The van der Waals surface area contributed by atoms with Gasteiger partial charge in [0.15, 0.2) is 22.5 Å². The first-order valence-corrected chi connectivity index (χ1v) is 10.2. The minimum absolute atomic E-state index is 0.00754. The Hall–Kier alpha value is -1.51. The van der Waals surface area contributed by atoms with Gasteiger partial charge in [-0.05, 0) is 37.0 Å². The summed E-state index contributed by atoms with van der Waals surface area (Å²) in [5.41, 5.74) is 0.754. The highest BCUT2D eigenvalue weighted by atomic mass is 32.2. The van der Waals surface area contributed by atoms with Crippen molar-refractivity contribution in [1.29, 1.82) is 0 Å². The first-order chi connectivity index (χ1) is 13.0. The number of carbonyl (C=O) groups is 1. The monoisotopic (exact) mass is 414 g/mol. The molecule has 0 saturated heterocycles. The van der Waals surface area contributed by atoms with E-state index in [0.29, 0.717) is 35.3 Å². The molecule has 3 rings (SSSR count). The van der Waals surface area contributed by atoms with Crippen molar-refractivity contribution in [1.82, 2.24) is 0 Å². The molecule has 27 heavy (non-hydrogen) atoms. The van der Waals surface area contributed by atoms with Crippen molar-refractivity contribution in [2.24, 2.45) is 0 Å². The Morgan fingerprint density at radius 3 is 2.78 bits per heavy atom. The van der Waals surface area contributed by atoms with Crippen LogP contribution in [0.25, 0.3) is 11.0 Å². The molecule has 146 valence electrons. The van der Waals surface area contributed by atoms with Gasteiger partial charge in [0.25, 0.3) is 0 Å². The van der Waals surface area contributed by atoms with Crippen LogP contribution in [0.3, 0.4) is 0 Å². The molecular weight excluding hydrogens is 394 g/mol. The zero-order valence-electron chi connectivity index (χ0n) is 14.9. The molecule has 0 spiro atoms. The quantitative estimate of drug-likeness (QED) is 0.405. The van der Waals surface area contributed by atoms with Crippen LogP contribution in [-0.4, -0.2) is 30.7 Å². The Labute approximate surface area is 165 Å². The number of benzene rings is 1. The van der Waals surface area contributed by atoms with Crippen LogP contribution in [0.5, 0.6) is 5.75 Å². The van der Waals surface area contributed by atoms with Crippen molar-refractivity contribution in [3.05, 3.63) is 34.0 Å². The maximum absolute atomic E-state index is 14.4. The van der Waals surface area contributed by atoms with Gasteiger partial charge >= 0.3 is 0 Å². The molecule has 1 aromatic carbocycles. The molecule has 2 aromatic rings. The Bertz CT molecular complexity index is 893. The Morgan fingerprint density at radius 1 is 1.30 bits per heavy atom. The maximum Gasteiger partial charge on any atom is 0.226 e. The lowest BCUT2D eigenvalue weighted by molar-refractivity contribution is -0.110. The van der Waals surface area contributed by atoms with Gasteiger partial charge < -0.3 is 13.9 Å². The Morgan fingerprint density at radius 2 is 2.07 bits per heavy atom. The zero-order chi connectivity index (χ0) is 19.4. The van der Waals surface area contributed by atoms with Gasteiger partial charge in [0.2, 0.25) is 4.71 Å². The Kier molecular flexibility index (Phi) is 6.83. The fourth-order valence-electron chi connectivity index (χ4n) is 2.71. The second kappa shape index (κ2) is 9.12. The van der Waals surface area contributed by atoms with E-state index in [1.54, 1.807) is 0 Å². The van der Waals surface area contributed by atoms with Crippen LogP contribution in [0.1, 0.15) is 37.7 Å². The minimum Gasteiger partial charge on any atom is -0.488 e. The summed E-state index contributed by atoms with van der Waals surface area (Å²) < 4.78 is 44.6. The van der Waals surface area contributed by atoms with Gasteiger partial charge in [-0.1, -0.05) is 18.7 Å². The number of ether oxygens (including phenoxy) is 2. The molecule has 1 saturated carbocycles. The van der Waals surface area contributed by atoms with Crippen molar-refractivity contribution < 1.29 is 27.5 Å². The van der Waals surface area contributed by atoms with Crippen LogP contribution in [-0.2, 0) is 9.53 Å². The molecule has 0 aliphatic heterocycles. The highest BCUT2D eigenvalue weighted by Gasteiger charge is 2.30. The van der Waals surface area contributed by atoms with E-state index in [2.05, 4.69) is 0 Å². The smallest absolute Gasteiger partial charge is 0.226 e. The summed E-state index contributed by atoms with van der Waals surface area (Å²) in [5.74, 6) is -0.496. The summed E-state index contributed by atoms with van der Waals surface area (Å²) in [4.78, 5) is 11.1. The van der Waals surface area contributed by atoms with E-state index in [9.17, 15) is 13.6 Å². The zero-order valence-corrected chi connectivity index (χ0v) is 16.5. The second-order valence-electron chi connectivity index (χ2n) is 6.21. The van der Waals surface area contributed by atoms with Gasteiger partial charge in [-0.2, -0.15) is 0 Å². The SMILES string of the molecule is CCC(=O)SCCOCCOc1cc2oc(=S)c(F)c(C3CC3)c2cc1F. The second-order valence-corrected chi connectivity index (χ2v) is 7.73. The van der Waals surface area contributed by atoms with Gasteiger partial charge in [0, 0.05) is 29.2 Å². The van der Waals surface area contributed by atoms with Crippen LogP contribution < -0.4 is 4.74 Å². The predicted molar refractivity (Wildman–Crippen MR) is 103 cm³/mol. The molecule has 0 bridgehead atoms. The number of hydrogen-bond donors (Lipinski definition) is 0. The normalized spacial score (nSPS) is 13.9. The average Bonchev–Trinajstić information content (AvgIpc) is 3.47. The van der Waals surface area contributed by atoms with Crippen molar-refractivity contribution in [3.63, 3.8) is 0 Å². The largest absolute Gasteiger partial charge is 0.488 e. The van der Waals surface area contributed by atoms with Crippen molar-refractivity contribution in [2.45, 2.75) is 32.1 Å². The first-order valence-electron chi connectivity index (χ1n) is 8.83. The van der Waals surface area contributed by atoms with Gasteiger partial charge in [0.1, 0.15) is 12.2 Å². The third kappa shape index (κ3) is 5.06. The van der Waals surface area contributed by atoms with Gasteiger partial charge in [-0.3, -0.25) is 4.79 Å². The summed E-state index contributed by atoms with van der Waals surface area (Å²) in [7, 11) is 0. The summed E-state index contributed by atoms with van der Waals surface area (Å²) in [5, 5.41) is 0.530. The molecule has 1 fully saturated rings. The van der Waals surface area contributed by atoms with E-state index in [4.69, 9.17) is 26.1 Å². The van der Waals surface area contributed by atoms with E-state index < -0.39 is 11.6 Å². The van der Waals surface area contributed by atoms with E-state index in [-0.39, 0.29) is 34.7 Å². The molecule has 0 radical (unpaired) electrons. The topological polar surface area (TPSA) is 48.7 Å². The number of carbonyl (C=O) groups excluding carboxylic acids is 1. The fraction of sp³-hybridized carbons (Fsp3) is 0.474.